The molecular weight excluding hydrogens is 323 g/mol. The maximum absolute atomic E-state index is 13.7. The molecule has 2 N–H and O–H groups in total. The number of likely N-dealkylation sites (tertiary alicyclic amines) is 1. The smallest absolute Gasteiger partial charge is 0.282 e. The fraction of sp³-hybridized carbons (Fsp3) is 0.533. The van der Waals surface area contributed by atoms with Crippen molar-refractivity contribution in [3.63, 3.8) is 0 Å². The zero-order valence-corrected chi connectivity index (χ0v) is 13.5. The van der Waals surface area contributed by atoms with Crippen LogP contribution in [0.25, 0.3) is 0 Å². The second kappa shape index (κ2) is 6.68. The van der Waals surface area contributed by atoms with E-state index in [1.54, 1.807) is 12.1 Å². The number of amides is 1. The highest BCUT2D eigenvalue weighted by atomic mass is 79.9. The van der Waals surface area contributed by atoms with E-state index in [0.717, 1.165) is 19.5 Å². The minimum absolute atomic E-state index is 0.115. The largest absolute Gasteiger partial charge is 0.325 e. The lowest BCUT2D eigenvalue weighted by molar-refractivity contribution is -0.922. The summed E-state index contributed by atoms with van der Waals surface area (Å²) in [4.78, 5) is 13.5. The van der Waals surface area contributed by atoms with Gasteiger partial charge in [-0.05, 0) is 38.0 Å². The summed E-state index contributed by atoms with van der Waals surface area (Å²) in [6.45, 7) is 6.16. The molecule has 1 saturated heterocycles. The standard InChI is InChI=1S/C15H20BrFN2O/c1-10-4-3-7-19(9-10)11(2)15(20)18-14-6-5-12(16)8-13(14)17/h5-6,8,10-11H,3-4,7,9H2,1-2H3,(H,18,20)/p+1/t10-,11-/m0/s1. The molecule has 1 heterocycles. The molecule has 0 spiro atoms. The summed E-state index contributed by atoms with van der Waals surface area (Å²) in [5.41, 5.74) is 0.245. The molecule has 1 fully saturated rings. The fourth-order valence-electron chi connectivity index (χ4n) is 2.74. The Kier molecular flexibility index (Phi) is 5.16. The first kappa shape index (κ1) is 15.4. The second-order valence-electron chi connectivity index (χ2n) is 5.69. The number of hydrogen-bond acceptors (Lipinski definition) is 1. The van der Waals surface area contributed by atoms with Crippen LogP contribution in [0.5, 0.6) is 0 Å². The number of halogens is 2. The molecule has 1 aromatic carbocycles. The minimum atomic E-state index is -0.415. The third kappa shape index (κ3) is 3.79. The Morgan fingerprint density at radius 2 is 2.30 bits per heavy atom. The van der Waals surface area contributed by atoms with E-state index in [2.05, 4.69) is 28.2 Å². The van der Waals surface area contributed by atoms with Crippen LogP contribution in [-0.4, -0.2) is 25.0 Å². The number of benzene rings is 1. The molecule has 5 heteroatoms. The molecule has 2 rings (SSSR count). The van der Waals surface area contributed by atoms with E-state index < -0.39 is 5.82 Å². The Morgan fingerprint density at radius 3 is 2.95 bits per heavy atom. The van der Waals surface area contributed by atoms with E-state index in [1.165, 1.54) is 17.4 Å². The van der Waals surface area contributed by atoms with Crippen LogP contribution in [0.4, 0.5) is 10.1 Å². The van der Waals surface area contributed by atoms with Gasteiger partial charge in [0, 0.05) is 10.4 Å². The molecule has 1 aliphatic heterocycles. The average molecular weight is 344 g/mol. The lowest BCUT2D eigenvalue weighted by Crippen LogP contribution is -3.17. The van der Waals surface area contributed by atoms with E-state index in [4.69, 9.17) is 0 Å². The SMILES string of the molecule is C[C@H]1CCC[NH+]([C@@H](C)C(=O)Nc2ccc(Br)cc2F)C1. The quantitative estimate of drug-likeness (QED) is 0.866. The summed E-state index contributed by atoms with van der Waals surface area (Å²) in [6, 6.07) is 4.51. The highest BCUT2D eigenvalue weighted by Gasteiger charge is 2.29. The van der Waals surface area contributed by atoms with Gasteiger partial charge in [0.1, 0.15) is 5.82 Å². The van der Waals surface area contributed by atoms with Crippen molar-refractivity contribution in [2.45, 2.75) is 32.7 Å². The Labute approximate surface area is 127 Å². The summed E-state index contributed by atoms with van der Waals surface area (Å²) in [6.07, 6.45) is 2.39. The molecule has 0 radical (unpaired) electrons. The average Bonchev–Trinajstić information content (AvgIpc) is 2.41. The third-order valence-electron chi connectivity index (χ3n) is 4.00. The van der Waals surface area contributed by atoms with Gasteiger partial charge in [0.15, 0.2) is 6.04 Å². The number of carbonyl (C=O) groups excluding carboxylic acids is 1. The van der Waals surface area contributed by atoms with Gasteiger partial charge in [-0.2, -0.15) is 0 Å². The normalized spacial score (nSPS) is 24.2. The second-order valence-corrected chi connectivity index (χ2v) is 6.61. The lowest BCUT2D eigenvalue weighted by Gasteiger charge is -2.31. The number of piperidine rings is 1. The highest BCUT2D eigenvalue weighted by molar-refractivity contribution is 9.10. The van der Waals surface area contributed by atoms with E-state index >= 15 is 0 Å². The summed E-state index contributed by atoms with van der Waals surface area (Å²) < 4.78 is 14.4. The maximum Gasteiger partial charge on any atom is 0.282 e. The fourth-order valence-corrected chi connectivity index (χ4v) is 3.07. The van der Waals surface area contributed by atoms with Crippen molar-refractivity contribution >= 4 is 27.5 Å². The predicted octanol–water partition coefficient (Wildman–Crippen LogP) is 2.23. The van der Waals surface area contributed by atoms with Crippen molar-refractivity contribution in [3.8, 4) is 0 Å². The number of carbonyl (C=O) groups is 1. The van der Waals surface area contributed by atoms with Crippen LogP contribution >= 0.6 is 15.9 Å². The summed E-state index contributed by atoms with van der Waals surface area (Å²) in [7, 11) is 0. The molecule has 0 aromatic heterocycles. The predicted molar refractivity (Wildman–Crippen MR) is 81.3 cm³/mol. The number of anilines is 1. The van der Waals surface area contributed by atoms with Gasteiger partial charge in [-0.3, -0.25) is 4.79 Å². The summed E-state index contributed by atoms with van der Waals surface area (Å²) in [5.74, 6) is 0.121. The van der Waals surface area contributed by atoms with Gasteiger partial charge in [-0.15, -0.1) is 0 Å². The number of hydrogen-bond donors (Lipinski definition) is 2. The molecule has 0 saturated carbocycles. The molecule has 1 aliphatic rings. The lowest BCUT2D eigenvalue weighted by atomic mass is 9.99. The van der Waals surface area contributed by atoms with Gasteiger partial charge in [0.2, 0.25) is 0 Å². The van der Waals surface area contributed by atoms with Crippen LogP contribution in [0.15, 0.2) is 22.7 Å². The van der Waals surface area contributed by atoms with Crippen LogP contribution in [0.3, 0.4) is 0 Å². The first-order valence-corrected chi connectivity index (χ1v) is 7.87. The maximum atomic E-state index is 13.7. The topological polar surface area (TPSA) is 33.5 Å². The Bertz CT molecular complexity index is 495. The van der Waals surface area contributed by atoms with E-state index in [1.807, 2.05) is 6.92 Å². The van der Waals surface area contributed by atoms with Crippen molar-refractivity contribution in [1.29, 1.82) is 0 Å². The molecule has 1 unspecified atom stereocenters. The molecule has 0 aliphatic carbocycles. The third-order valence-corrected chi connectivity index (χ3v) is 4.49. The molecular formula is C15H21BrFN2O+. The van der Waals surface area contributed by atoms with Gasteiger partial charge in [-0.25, -0.2) is 4.39 Å². The molecule has 1 aromatic rings. The Hall–Kier alpha value is -0.940. The van der Waals surface area contributed by atoms with Crippen molar-refractivity contribution < 1.29 is 14.1 Å². The van der Waals surface area contributed by atoms with Gasteiger partial charge < -0.3 is 10.2 Å². The van der Waals surface area contributed by atoms with Gasteiger partial charge in [-0.1, -0.05) is 22.9 Å². The van der Waals surface area contributed by atoms with Crippen molar-refractivity contribution in [2.24, 2.45) is 5.92 Å². The van der Waals surface area contributed by atoms with Crippen molar-refractivity contribution in [3.05, 3.63) is 28.5 Å². The number of quaternary nitrogens is 1. The molecule has 0 bridgehead atoms. The van der Waals surface area contributed by atoms with Crippen LogP contribution in [0.1, 0.15) is 26.7 Å². The Balaban J connectivity index is 2.00. The van der Waals surface area contributed by atoms with Gasteiger partial charge >= 0.3 is 0 Å². The zero-order valence-electron chi connectivity index (χ0n) is 11.9. The van der Waals surface area contributed by atoms with Crippen LogP contribution in [0, 0.1) is 11.7 Å². The first-order chi connectivity index (χ1) is 9.47. The number of nitrogens with one attached hydrogen (secondary N) is 2. The van der Waals surface area contributed by atoms with E-state index in [-0.39, 0.29) is 17.6 Å². The zero-order chi connectivity index (χ0) is 14.7. The van der Waals surface area contributed by atoms with Crippen LogP contribution in [0.2, 0.25) is 0 Å². The van der Waals surface area contributed by atoms with Gasteiger partial charge in [0.25, 0.3) is 5.91 Å². The summed E-state index contributed by atoms with van der Waals surface area (Å²) >= 11 is 3.20. The van der Waals surface area contributed by atoms with Gasteiger partial charge in [0.05, 0.1) is 18.8 Å². The van der Waals surface area contributed by atoms with E-state index in [0.29, 0.717) is 10.4 Å². The van der Waals surface area contributed by atoms with Crippen molar-refractivity contribution in [1.82, 2.24) is 0 Å². The molecule has 3 atom stereocenters. The minimum Gasteiger partial charge on any atom is -0.325 e. The number of rotatable bonds is 3. The monoisotopic (exact) mass is 343 g/mol. The molecule has 110 valence electrons. The van der Waals surface area contributed by atoms with Crippen LogP contribution in [-0.2, 0) is 4.79 Å². The van der Waals surface area contributed by atoms with Crippen LogP contribution < -0.4 is 10.2 Å². The molecule has 1 amide bonds. The Morgan fingerprint density at radius 1 is 1.55 bits per heavy atom. The first-order valence-electron chi connectivity index (χ1n) is 7.08. The summed E-state index contributed by atoms with van der Waals surface area (Å²) in [5, 5.41) is 2.69. The molecule has 3 nitrogen and oxygen atoms in total. The van der Waals surface area contributed by atoms with Crippen molar-refractivity contribution in [2.75, 3.05) is 18.4 Å². The van der Waals surface area contributed by atoms with E-state index in [9.17, 15) is 9.18 Å². The highest BCUT2D eigenvalue weighted by Crippen LogP contribution is 2.19. The molecule has 20 heavy (non-hydrogen) atoms.